The molecule has 0 amide bonds. The van der Waals surface area contributed by atoms with Crippen molar-refractivity contribution < 1.29 is 13.5 Å². The van der Waals surface area contributed by atoms with Crippen LogP contribution in [-0.2, 0) is 4.74 Å². The van der Waals surface area contributed by atoms with Crippen LogP contribution in [0.4, 0.5) is 20.2 Å². The molecule has 110 valence electrons. The lowest BCUT2D eigenvalue weighted by molar-refractivity contribution is 0.122. The summed E-state index contributed by atoms with van der Waals surface area (Å²) >= 11 is 0. The molecule has 1 aromatic carbocycles. The van der Waals surface area contributed by atoms with Crippen LogP contribution in [0, 0.1) is 11.6 Å². The largest absolute Gasteiger partial charge is 0.400 e. The van der Waals surface area contributed by atoms with E-state index in [1.165, 1.54) is 18.3 Å². The maximum atomic E-state index is 14.1. The molecule has 0 atom stereocenters. The molecule has 0 saturated carbocycles. The van der Waals surface area contributed by atoms with E-state index in [0.717, 1.165) is 0 Å². The van der Waals surface area contributed by atoms with E-state index < -0.39 is 11.6 Å². The van der Waals surface area contributed by atoms with Crippen LogP contribution in [0.15, 0.2) is 24.0 Å². The van der Waals surface area contributed by atoms with Gasteiger partial charge in [-0.3, -0.25) is 0 Å². The second-order valence-corrected chi connectivity index (χ2v) is 4.46. The van der Waals surface area contributed by atoms with Crippen molar-refractivity contribution in [3.8, 4) is 0 Å². The molecule has 2 rings (SSSR count). The van der Waals surface area contributed by atoms with Gasteiger partial charge in [-0.1, -0.05) is 0 Å². The first-order valence-corrected chi connectivity index (χ1v) is 6.34. The lowest BCUT2D eigenvalue weighted by Gasteiger charge is -2.29. The monoisotopic (exact) mass is 284 g/mol. The van der Waals surface area contributed by atoms with E-state index in [1.807, 2.05) is 0 Å². The molecule has 0 bridgehead atoms. The van der Waals surface area contributed by atoms with Crippen LogP contribution in [-0.4, -0.2) is 32.8 Å². The minimum Gasteiger partial charge on any atom is -0.400 e. The number of morpholine rings is 1. The lowest BCUT2D eigenvalue weighted by atomic mass is 10.2. The first-order chi connectivity index (χ1) is 9.61. The third-order valence-corrected chi connectivity index (χ3v) is 3.00. The predicted octanol–water partition coefficient (Wildman–Crippen LogP) is 0.972. The first-order valence-electron chi connectivity index (χ1n) is 6.34. The molecule has 0 radical (unpaired) electrons. The number of hydrogen-bond donors (Lipinski definition) is 3. The highest BCUT2D eigenvalue weighted by atomic mass is 19.1. The Morgan fingerprint density at radius 1 is 1.30 bits per heavy atom. The predicted molar refractivity (Wildman–Crippen MR) is 74.3 cm³/mol. The quantitative estimate of drug-likeness (QED) is 0.768. The number of benzene rings is 1. The van der Waals surface area contributed by atoms with Crippen LogP contribution < -0.4 is 21.7 Å². The van der Waals surface area contributed by atoms with Gasteiger partial charge in [0.15, 0.2) is 11.6 Å². The van der Waals surface area contributed by atoms with Crippen LogP contribution in [0.25, 0.3) is 0 Å². The zero-order valence-electron chi connectivity index (χ0n) is 11.0. The Bertz CT molecular complexity index is 478. The minimum atomic E-state index is -0.617. The summed E-state index contributed by atoms with van der Waals surface area (Å²) in [4.78, 5) is 1.64. The Hall–Kier alpha value is -1.86. The van der Waals surface area contributed by atoms with Crippen molar-refractivity contribution >= 4 is 11.4 Å². The van der Waals surface area contributed by atoms with E-state index in [9.17, 15) is 8.78 Å². The smallest absolute Gasteiger partial charge is 0.151 e. The van der Waals surface area contributed by atoms with Crippen molar-refractivity contribution in [1.29, 1.82) is 0 Å². The van der Waals surface area contributed by atoms with E-state index in [2.05, 4.69) is 5.32 Å². The number of halogens is 2. The molecule has 0 aliphatic carbocycles. The molecule has 20 heavy (non-hydrogen) atoms. The molecular weight excluding hydrogens is 266 g/mol. The maximum Gasteiger partial charge on any atom is 0.151 e. The number of nitrogens with two attached hydrogens (primary N) is 2. The summed E-state index contributed by atoms with van der Waals surface area (Å²) in [6, 6.07) is 2.46. The molecule has 1 aromatic rings. The van der Waals surface area contributed by atoms with Crippen molar-refractivity contribution in [1.82, 2.24) is 0 Å². The molecule has 1 saturated heterocycles. The summed E-state index contributed by atoms with van der Waals surface area (Å²) in [5, 5.41) is 2.72. The Labute approximate surface area is 116 Å². The van der Waals surface area contributed by atoms with Crippen molar-refractivity contribution in [2.24, 2.45) is 11.5 Å². The van der Waals surface area contributed by atoms with Crippen molar-refractivity contribution in [3.05, 3.63) is 35.7 Å². The van der Waals surface area contributed by atoms with Gasteiger partial charge in [0.2, 0.25) is 0 Å². The Morgan fingerprint density at radius 2 is 1.90 bits per heavy atom. The van der Waals surface area contributed by atoms with Crippen LogP contribution in [0.1, 0.15) is 0 Å². The van der Waals surface area contributed by atoms with Crippen LogP contribution in [0.3, 0.4) is 0 Å². The van der Waals surface area contributed by atoms with Crippen LogP contribution in [0.2, 0.25) is 0 Å². The fourth-order valence-corrected chi connectivity index (χ4v) is 1.97. The van der Waals surface area contributed by atoms with Gasteiger partial charge in [0.25, 0.3) is 0 Å². The summed E-state index contributed by atoms with van der Waals surface area (Å²) in [5.41, 5.74) is 11.5. The van der Waals surface area contributed by atoms with Crippen molar-refractivity contribution in [2.45, 2.75) is 0 Å². The topological polar surface area (TPSA) is 76.5 Å². The Morgan fingerprint density at radius 3 is 2.45 bits per heavy atom. The van der Waals surface area contributed by atoms with E-state index in [-0.39, 0.29) is 17.9 Å². The lowest BCUT2D eigenvalue weighted by Crippen LogP contribution is -2.37. The molecule has 1 aliphatic heterocycles. The molecular formula is C13H18F2N4O. The number of rotatable bonds is 4. The number of anilines is 2. The van der Waals surface area contributed by atoms with Crippen molar-refractivity contribution in [2.75, 3.05) is 43.1 Å². The molecule has 1 heterocycles. The molecule has 5 N–H and O–H groups in total. The third kappa shape index (κ3) is 3.37. The fraction of sp³-hybridized carbons (Fsp3) is 0.385. The number of nitrogens with one attached hydrogen (secondary N) is 1. The third-order valence-electron chi connectivity index (χ3n) is 3.00. The molecule has 0 aromatic heterocycles. The number of hydrogen-bond acceptors (Lipinski definition) is 5. The highest BCUT2D eigenvalue weighted by Gasteiger charge is 2.20. The Balaban J connectivity index is 2.19. The summed E-state index contributed by atoms with van der Waals surface area (Å²) in [7, 11) is 0. The summed E-state index contributed by atoms with van der Waals surface area (Å²) in [5.74, 6) is -1.23. The van der Waals surface area contributed by atoms with Gasteiger partial charge in [-0.2, -0.15) is 0 Å². The highest BCUT2D eigenvalue weighted by Crippen LogP contribution is 2.27. The van der Waals surface area contributed by atoms with Gasteiger partial charge in [-0.05, 0) is 12.1 Å². The van der Waals surface area contributed by atoms with Gasteiger partial charge in [0, 0.05) is 37.2 Å². The number of nitrogens with zero attached hydrogens (tertiary/aromatic N) is 1. The van der Waals surface area contributed by atoms with Gasteiger partial charge in [-0.15, -0.1) is 0 Å². The Kier molecular flexibility index (Phi) is 4.75. The molecule has 0 unspecified atom stereocenters. The van der Waals surface area contributed by atoms with Crippen LogP contribution in [0.5, 0.6) is 0 Å². The minimum absolute atomic E-state index is 0.0189. The van der Waals surface area contributed by atoms with Crippen molar-refractivity contribution in [3.63, 3.8) is 0 Å². The average Bonchev–Trinajstić information content (AvgIpc) is 2.45. The molecule has 1 aliphatic rings. The first kappa shape index (κ1) is 14.5. The summed E-state index contributed by atoms with van der Waals surface area (Å²) in [6.45, 7) is 2.05. The van der Waals surface area contributed by atoms with Gasteiger partial charge in [-0.25, -0.2) is 8.78 Å². The van der Waals surface area contributed by atoms with Crippen LogP contribution >= 0.6 is 0 Å². The normalized spacial score (nSPS) is 16.4. The van der Waals surface area contributed by atoms with E-state index >= 15 is 0 Å². The number of ether oxygens (including phenoxy) is 1. The van der Waals surface area contributed by atoms with E-state index in [1.54, 1.807) is 4.90 Å². The zero-order valence-corrected chi connectivity index (χ0v) is 11.0. The SMILES string of the molecule is NC/C(N)=C/Nc1cc(F)c(N2CCOCC2)c(F)c1. The average molecular weight is 284 g/mol. The molecule has 0 spiro atoms. The second-order valence-electron chi connectivity index (χ2n) is 4.46. The zero-order chi connectivity index (χ0) is 14.5. The van der Waals surface area contributed by atoms with Gasteiger partial charge in [0.05, 0.1) is 13.2 Å². The highest BCUT2D eigenvalue weighted by molar-refractivity contribution is 5.58. The second kappa shape index (κ2) is 6.53. The summed E-state index contributed by atoms with van der Waals surface area (Å²) in [6.07, 6.45) is 1.42. The van der Waals surface area contributed by atoms with E-state index in [4.69, 9.17) is 16.2 Å². The molecule has 5 nitrogen and oxygen atoms in total. The van der Waals surface area contributed by atoms with Gasteiger partial charge >= 0.3 is 0 Å². The standard InChI is InChI=1S/C13H18F2N4O/c14-11-5-10(18-8-9(17)7-16)6-12(15)13(11)19-1-3-20-4-2-19/h5-6,8,18H,1-4,7,16-17H2/b9-8-. The maximum absolute atomic E-state index is 14.1. The molecule has 7 heteroatoms. The molecule has 1 fully saturated rings. The van der Waals surface area contributed by atoms with Gasteiger partial charge in [0.1, 0.15) is 5.69 Å². The fourth-order valence-electron chi connectivity index (χ4n) is 1.97. The van der Waals surface area contributed by atoms with Gasteiger partial charge < -0.3 is 26.4 Å². The van der Waals surface area contributed by atoms with E-state index in [0.29, 0.717) is 32.0 Å². The summed E-state index contributed by atoms with van der Waals surface area (Å²) < 4.78 is 33.3.